The van der Waals surface area contributed by atoms with E-state index in [1.807, 2.05) is 20.8 Å². The number of rotatable bonds is 6. The van der Waals surface area contributed by atoms with Crippen LogP contribution in [0.5, 0.6) is 0 Å². The van der Waals surface area contributed by atoms with Gasteiger partial charge in [-0.2, -0.15) is 0 Å². The first-order valence-electron chi connectivity index (χ1n) is 9.80. The predicted octanol–water partition coefficient (Wildman–Crippen LogP) is 3.22. The van der Waals surface area contributed by atoms with Gasteiger partial charge in [-0.3, -0.25) is 14.9 Å². The molecule has 9 heteroatoms. The van der Waals surface area contributed by atoms with Crippen LogP contribution in [0.4, 0.5) is 16.2 Å². The summed E-state index contributed by atoms with van der Waals surface area (Å²) in [6.45, 7) is 9.44. The number of hydrogen-bond acceptors (Lipinski definition) is 6. The second kappa shape index (κ2) is 9.69. The molecule has 1 saturated heterocycles. The molecule has 0 spiro atoms. The number of piperidine rings is 1. The highest BCUT2D eigenvalue weighted by Gasteiger charge is 2.23. The average Bonchev–Trinajstić information content (AvgIpc) is 2.61. The normalized spacial score (nSPS) is 15.6. The number of non-ortho nitro benzene ring substituents is 1. The van der Waals surface area contributed by atoms with Gasteiger partial charge in [0.05, 0.1) is 4.92 Å². The molecule has 2 N–H and O–H groups in total. The maximum atomic E-state index is 12.2. The summed E-state index contributed by atoms with van der Waals surface area (Å²) in [6, 6.07) is 4.46. The third-order valence-electron chi connectivity index (χ3n) is 4.66. The number of alkyl carbamates (subject to hydrolysis) is 1. The van der Waals surface area contributed by atoms with Gasteiger partial charge in [0.2, 0.25) is 5.91 Å². The molecule has 160 valence electrons. The third kappa shape index (κ3) is 7.69. The lowest BCUT2D eigenvalue weighted by atomic mass is 10.1. The van der Waals surface area contributed by atoms with Gasteiger partial charge in [-0.05, 0) is 52.2 Å². The summed E-state index contributed by atoms with van der Waals surface area (Å²) >= 11 is 0. The number of nitro groups is 1. The molecular formula is C20H30N4O5. The highest BCUT2D eigenvalue weighted by molar-refractivity contribution is 5.91. The molecule has 1 aliphatic heterocycles. The predicted molar refractivity (Wildman–Crippen MR) is 110 cm³/mol. The van der Waals surface area contributed by atoms with Gasteiger partial charge in [0.1, 0.15) is 5.60 Å². The molecule has 0 aromatic heterocycles. The maximum Gasteiger partial charge on any atom is 0.407 e. The number of ether oxygens (including phenoxy) is 1. The van der Waals surface area contributed by atoms with Crippen LogP contribution in [0.15, 0.2) is 18.2 Å². The number of carbonyl (C=O) groups excluding carboxylic acids is 2. The highest BCUT2D eigenvalue weighted by atomic mass is 16.6. The standard InChI is InChI=1S/C20H30N4O5/c1-14-13-16(24(27)28)5-6-17(14)22-18(25)9-12-23-10-7-15(8-11-23)21-19(26)29-20(2,3)4/h5-6,13,15H,7-12H2,1-4H3,(H,21,26)(H,22,25). The molecule has 1 fully saturated rings. The van der Waals surface area contributed by atoms with Crippen LogP contribution in [0.25, 0.3) is 0 Å². The van der Waals surface area contributed by atoms with Crippen LogP contribution in [0, 0.1) is 17.0 Å². The van der Waals surface area contributed by atoms with Gasteiger partial charge in [-0.25, -0.2) is 4.79 Å². The van der Waals surface area contributed by atoms with Gasteiger partial charge in [0, 0.05) is 49.9 Å². The summed E-state index contributed by atoms with van der Waals surface area (Å²) in [7, 11) is 0. The van der Waals surface area contributed by atoms with Gasteiger partial charge in [0.25, 0.3) is 5.69 Å². The van der Waals surface area contributed by atoms with E-state index in [0.29, 0.717) is 24.2 Å². The zero-order valence-electron chi connectivity index (χ0n) is 17.5. The quantitative estimate of drug-likeness (QED) is 0.554. The third-order valence-corrected chi connectivity index (χ3v) is 4.66. The second-order valence-electron chi connectivity index (χ2n) is 8.32. The number of anilines is 1. The Labute approximate surface area is 170 Å². The summed E-state index contributed by atoms with van der Waals surface area (Å²) in [4.78, 5) is 36.6. The monoisotopic (exact) mass is 406 g/mol. The van der Waals surface area contributed by atoms with E-state index in [1.165, 1.54) is 12.1 Å². The van der Waals surface area contributed by atoms with Crippen LogP contribution in [-0.2, 0) is 9.53 Å². The lowest BCUT2D eigenvalue weighted by Gasteiger charge is -2.32. The van der Waals surface area contributed by atoms with E-state index in [9.17, 15) is 19.7 Å². The van der Waals surface area contributed by atoms with E-state index in [4.69, 9.17) is 4.74 Å². The van der Waals surface area contributed by atoms with Crippen LogP contribution in [0.1, 0.15) is 45.6 Å². The van der Waals surface area contributed by atoms with Crippen LogP contribution >= 0.6 is 0 Å². The fraction of sp³-hybridized carbons (Fsp3) is 0.600. The molecule has 0 aliphatic carbocycles. The van der Waals surface area contributed by atoms with E-state index in [0.717, 1.165) is 25.9 Å². The van der Waals surface area contributed by atoms with Crippen molar-refractivity contribution >= 4 is 23.4 Å². The van der Waals surface area contributed by atoms with Gasteiger partial charge in [-0.1, -0.05) is 0 Å². The SMILES string of the molecule is Cc1cc([N+](=O)[O-])ccc1NC(=O)CCN1CCC(NC(=O)OC(C)(C)C)CC1. The fourth-order valence-electron chi connectivity index (χ4n) is 3.15. The second-order valence-corrected chi connectivity index (χ2v) is 8.32. The lowest BCUT2D eigenvalue weighted by molar-refractivity contribution is -0.384. The van der Waals surface area contributed by atoms with Gasteiger partial charge >= 0.3 is 6.09 Å². The Morgan fingerprint density at radius 3 is 2.48 bits per heavy atom. The van der Waals surface area contributed by atoms with Crippen LogP contribution in [0.2, 0.25) is 0 Å². The number of nitrogens with zero attached hydrogens (tertiary/aromatic N) is 2. The number of carbonyl (C=O) groups is 2. The molecule has 0 bridgehead atoms. The Morgan fingerprint density at radius 1 is 1.28 bits per heavy atom. The summed E-state index contributed by atoms with van der Waals surface area (Å²) in [6.07, 6.45) is 1.56. The van der Waals surface area contributed by atoms with E-state index in [-0.39, 0.29) is 17.6 Å². The van der Waals surface area contributed by atoms with Crippen molar-refractivity contribution in [2.45, 2.75) is 58.6 Å². The molecule has 1 aromatic carbocycles. The molecule has 0 unspecified atom stereocenters. The largest absolute Gasteiger partial charge is 0.444 e. The Balaban J connectivity index is 1.71. The molecule has 1 aliphatic rings. The van der Waals surface area contributed by atoms with Crippen molar-refractivity contribution in [2.75, 3.05) is 25.0 Å². The molecular weight excluding hydrogens is 376 g/mol. The Morgan fingerprint density at radius 2 is 1.93 bits per heavy atom. The van der Waals surface area contributed by atoms with Crippen molar-refractivity contribution in [1.82, 2.24) is 10.2 Å². The number of amides is 2. The zero-order chi connectivity index (χ0) is 21.6. The van der Waals surface area contributed by atoms with Crippen molar-refractivity contribution in [3.63, 3.8) is 0 Å². The molecule has 1 aromatic rings. The number of nitrogens with one attached hydrogen (secondary N) is 2. The molecule has 2 rings (SSSR count). The number of likely N-dealkylation sites (tertiary alicyclic amines) is 1. The minimum Gasteiger partial charge on any atom is -0.444 e. The number of hydrogen-bond donors (Lipinski definition) is 2. The molecule has 29 heavy (non-hydrogen) atoms. The molecule has 2 amide bonds. The van der Waals surface area contributed by atoms with E-state index >= 15 is 0 Å². The Bertz CT molecular complexity index is 752. The Hall–Kier alpha value is -2.68. The van der Waals surface area contributed by atoms with Crippen LogP contribution < -0.4 is 10.6 Å². The molecule has 0 radical (unpaired) electrons. The number of aryl methyl sites for hydroxylation is 1. The summed E-state index contributed by atoms with van der Waals surface area (Å²) in [5.41, 5.74) is 0.728. The smallest absolute Gasteiger partial charge is 0.407 e. The van der Waals surface area contributed by atoms with Crippen LogP contribution in [0.3, 0.4) is 0 Å². The van der Waals surface area contributed by atoms with Crippen molar-refractivity contribution in [2.24, 2.45) is 0 Å². The minimum atomic E-state index is -0.514. The minimum absolute atomic E-state index is 0.00311. The lowest BCUT2D eigenvalue weighted by Crippen LogP contribution is -2.46. The van der Waals surface area contributed by atoms with Gasteiger partial charge in [0.15, 0.2) is 0 Å². The van der Waals surface area contributed by atoms with Crippen molar-refractivity contribution < 1.29 is 19.2 Å². The molecule has 9 nitrogen and oxygen atoms in total. The molecule has 0 saturated carbocycles. The average molecular weight is 406 g/mol. The number of benzene rings is 1. The first-order valence-corrected chi connectivity index (χ1v) is 9.80. The summed E-state index contributed by atoms with van der Waals surface area (Å²) in [5, 5.41) is 16.5. The highest BCUT2D eigenvalue weighted by Crippen LogP contribution is 2.21. The number of nitro benzene ring substituents is 1. The van der Waals surface area contributed by atoms with Gasteiger partial charge in [-0.15, -0.1) is 0 Å². The Kier molecular flexibility index (Phi) is 7.55. The topological polar surface area (TPSA) is 114 Å². The molecule has 0 atom stereocenters. The first-order chi connectivity index (χ1) is 13.5. The van der Waals surface area contributed by atoms with Crippen molar-refractivity contribution in [3.8, 4) is 0 Å². The van der Waals surface area contributed by atoms with E-state index in [2.05, 4.69) is 15.5 Å². The summed E-state index contributed by atoms with van der Waals surface area (Å²) in [5.74, 6) is -0.129. The van der Waals surface area contributed by atoms with Crippen LogP contribution in [-0.4, -0.2) is 53.1 Å². The van der Waals surface area contributed by atoms with E-state index in [1.54, 1.807) is 13.0 Å². The fourth-order valence-corrected chi connectivity index (χ4v) is 3.15. The van der Waals surface area contributed by atoms with E-state index < -0.39 is 16.6 Å². The van der Waals surface area contributed by atoms with Crippen molar-refractivity contribution in [1.29, 1.82) is 0 Å². The maximum absolute atomic E-state index is 12.2. The van der Waals surface area contributed by atoms with Crippen molar-refractivity contribution in [3.05, 3.63) is 33.9 Å². The van der Waals surface area contributed by atoms with Gasteiger partial charge < -0.3 is 20.3 Å². The zero-order valence-corrected chi connectivity index (χ0v) is 17.5. The first kappa shape index (κ1) is 22.6. The summed E-state index contributed by atoms with van der Waals surface area (Å²) < 4.78 is 5.28. The molecule has 1 heterocycles.